The minimum Gasteiger partial charge on any atom is -0.321 e. The summed E-state index contributed by atoms with van der Waals surface area (Å²) in [7, 11) is 0. The van der Waals surface area contributed by atoms with Gasteiger partial charge < -0.3 is 5.32 Å². The molecule has 1 amide bonds. The van der Waals surface area contributed by atoms with Crippen LogP contribution in [0, 0.1) is 0 Å². The average molecular weight is 240 g/mol. The Hall–Kier alpha value is -1.46. The lowest BCUT2D eigenvalue weighted by Crippen LogP contribution is -2.12. The van der Waals surface area contributed by atoms with Gasteiger partial charge in [0.25, 0.3) is 5.91 Å². The lowest BCUT2D eigenvalue weighted by molar-refractivity contribution is 0.102. The smallest absolute Gasteiger partial charge is 0.277 e. The van der Waals surface area contributed by atoms with E-state index in [1.165, 1.54) is 0 Å². The molecule has 0 bridgehead atoms. The first-order chi connectivity index (χ1) is 7.25. The molecule has 0 aliphatic rings. The van der Waals surface area contributed by atoms with Crippen molar-refractivity contribution in [3.63, 3.8) is 0 Å². The van der Waals surface area contributed by atoms with Crippen molar-refractivity contribution in [2.24, 2.45) is 0 Å². The standard InChI is InChI=1S/C9H6ClN3OS/c10-6-1-3-7(4-2-6)11-9(14)8-5-15-13-12-8/h1-5H,(H,11,14). The maximum Gasteiger partial charge on any atom is 0.277 e. The van der Waals surface area contributed by atoms with Gasteiger partial charge in [-0.1, -0.05) is 16.1 Å². The van der Waals surface area contributed by atoms with Crippen LogP contribution in [-0.2, 0) is 0 Å². The Morgan fingerprint density at radius 1 is 1.33 bits per heavy atom. The second-order valence-corrected chi connectivity index (χ2v) is 3.80. The van der Waals surface area contributed by atoms with Crippen LogP contribution in [-0.4, -0.2) is 15.5 Å². The molecule has 0 radical (unpaired) electrons. The molecule has 2 aromatic rings. The Bertz CT molecular complexity index is 455. The summed E-state index contributed by atoms with van der Waals surface area (Å²) in [5, 5.41) is 8.56. The molecule has 0 unspecified atom stereocenters. The van der Waals surface area contributed by atoms with E-state index < -0.39 is 0 Å². The van der Waals surface area contributed by atoms with E-state index in [2.05, 4.69) is 14.9 Å². The minimum atomic E-state index is -0.272. The third kappa shape index (κ3) is 2.51. The number of carbonyl (C=O) groups excluding carboxylic acids is 1. The molecule has 1 aromatic carbocycles. The summed E-state index contributed by atoms with van der Waals surface area (Å²) in [6.45, 7) is 0. The number of nitrogens with zero attached hydrogens (tertiary/aromatic N) is 2. The van der Waals surface area contributed by atoms with Crippen LogP contribution in [0.2, 0.25) is 5.02 Å². The minimum absolute atomic E-state index is 0.272. The highest BCUT2D eigenvalue weighted by molar-refractivity contribution is 7.03. The molecule has 1 N–H and O–H groups in total. The van der Waals surface area contributed by atoms with Gasteiger partial charge in [-0.25, -0.2) is 0 Å². The summed E-state index contributed by atoms with van der Waals surface area (Å²) in [5.74, 6) is -0.272. The first-order valence-corrected chi connectivity index (χ1v) is 5.31. The molecule has 0 spiro atoms. The van der Waals surface area contributed by atoms with Crippen molar-refractivity contribution in [2.45, 2.75) is 0 Å². The van der Waals surface area contributed by atoms with Gasteiger partial charge in [0.05, 0.1) is 0 Å². The van der Waals surface area contributed by atoms with Crippen molar-refractivity contribution in [3.05, 3.63) is 40.4 Å². The lowest BCUT2D eigenvalue weighted by Gasteiger charge is -2.01. The van der Waals surface area contributed by atoms with Crippen LogP contribution < -0.4 is 5.32 Å². The summed E-state index contributed by atoms with van der Waals surface area (Å²) in [6.07, 6.45) is 0. The van der Waals surface area contributed by atoms with E-state index in [0.717, 1.165) is 11.5 Å². The zero-order valence-corrected chi connectivity index (χ0v) is 9.05. The summed E-state index contributed by atoms with van der Waals surface area (Å²) >= 11 is 6.85. The van der Waals surface area contributed by atoms with Crippen LogP contribution in [0.3, 0.4) is 0 Å². The topological polar surface area (TPSA) is 54.9 Å². The van der Waals surface area contributed by atoms with E-state index in [0.29, 0.717) is 16.4 Å². The highest BCUT2D eigenvalue weighted by atomic mass is 35.5. The van der Waals surface area contributed by atoms with Gasteiger partial charge in [0.1, 0.15) is 0 Å². The quantitative estimate of drug-likeness (QED) is 0.876. The Balaban J connectivity index is 2.09. The van der Waals surface area contributed by atoms with Crippen molar-refractivity contribution in [1.82, 2.24) is 9.59 Å². The molecule has 1 heterocycles. The third-order valence-corrected chi connectivity index (χ3v) is 2.45. The molecule has 0 saturated heterocycles. The molecule has 2 rings (SSSR count). The molecule has 6 heteroatoms. The first kappa shape index (κ1) is 10.1. The van der Waals surface area contributed by atoms with Crippen LogP contribution in [0.15, 0.2) is 29.6 Å². The van der Waals surface area contributed by atoms with Crippen molar-refractivity contribution in [3.8, 4) is 0 Å². The monoisotopic (exact) mass is 239 g/mol. The number of aromatic nitrogens is 2. The number of nitrogens with one attached hydrogen (secondary N) is 1. The van der Waals surface area contributed by atoms with Gasteiger partial charge >= 0.3 is 0 Å². The molecule has 0 fully saturated rings. The highest BCUT2D eigenvalue weighted by Crippen LogP contribution is 2.14. The molecular weight excluding hydrogens is 234 g/mol. The number of anilines is 1. The van der Waals surface area contributed by atoms with E-state index in [1.54, 1.807) is 29.6 Å². The number of hydrogen-bond acceptors (Lipinski definition) is 4. The Morgan fingerprint density at radius 3 is 2.67 bits per heavy atom. The first-order valence-electron chi connectivity index (χ1n) is 4.10. The van der Waals surface area contributed by atoms with Gasteiger partial charge in [0, 0.05) is 16.1 Å². The molecule has 0 saturated carbocycles. The fourth-order valence-corrected chi connectivity index (χ4v) is 1.55. The van der Waals surface area contributed by atoms with Gasteiger partial charge in [-0.05, 0) is 35.8 Å². The van der Waals surface area contributed by atoms with Crippen molar-refractivity contribution < 1.29 is 4.79 Å². The largest absolute Gasteiger partial charge is 0.321 e. The number of carbonyl (C=O) groups is 1. The van der Waals surface area contributed by atoms with E-state index in [9.17, 15) is 4.79 Å². The molecule has 1 aromatic heterocycles. The van der Waals surface area contributed by atoms with E-state index in [4.69, 9.17) is 11.6 Å². The van der Waals surface area contributed by atoms with Crippen molar-refractivity contribution in [2.75, 3.05) is 5.32 Å². The van der Waals surface area contributed by atoms with Gasteiger partial charge in [-0.15, -0.1) is 5.10 Å². The van der Waals surface area contributed by atoms with Gasteiger partial charge in [0.15, 0.2) is 5.69 Å². The number of benzene rings is 1. The third-order valence-electron chi connectivity index (χ3n) is 1.69. The second-order valence-electron chi connectivity index (χ2n) is 2.75. The van der Waals surface area contributed by atoms with Crippen LogP contribution >= 0.6 is 23.1 Å². The normalized spacial score (nSPS) is 9.93. The highest BCUT2D eigenvalue weighted by Gasteiger charge is 2.08. The van der Waals surface area contributed by atoms with Gasteiger partial charge in [0.2, 0.25) is 0 Å². The van der Waals surface area contributed by atoms with E-state index in [1.807, 2.05) is 0 Å². The fourth-order valence-electron chi connectivity index (χ4n) is 0.992. The van der Waals surface area contributed by atoms with Crippen LogP contribution in [0.5, 0.6) is 0 Å². The second kappa shape index (κ2) is 4.37. The predicted octanol–water partition coefficient (Wildman–Crippen LogP) is 2.44. The molecule has 76 valence electrons. The van der Waals surface area contributed by atoms with E-state index in [-0.39, 0.29) is 5.91 Å². The number of hydrogen-bond donors (Lipinski definition) is 1. The average Bonchev–Trinajstić information content (AvgIpc) is 2.74. The number of halogens is 1. The molecule has 0 atom stereocenters. The van der Waals surface area contributed by atoms with Gasteiger partial charge in [-0.2, -0.15) is 0 Å². The maximum absolute atomic E-state index is 11.5. The van der Waals surface area contributed by atoms with Crippen LogP contribution in [0.25, 0.3) is 0 Å². The molecular formula is C9H6ClN3OS. The van der Waals surface area contributed by atoms with Crippen LogP contribution in [0.1, 0.15) is 10.5 Å². The number of amides is 1. The number of rotatable bonds is 2. The fraction of sp³-hybridized carbons (Fsp3) is 0. The molecule has 0 aliphatic carbocycles. The molecule has 0 aliphatic heterocycles. The van der Waals surface area contributed by atoms with Crippen molar-refractivity contribution in [1.29, 1.82) is 0 Å². The Morgan fingerprint density at radius 2 is 2.07 bits per heavy atom. The van der Waals surface area contributed by atoms with Crippen molar-refractivity contribution >= 4 is 34.7 Å². The summed E-state index contributed by atoms with van der Waals surface area (Å²) in [6, 6.07) is 6.85. The SMILES string of the molecule is O=C(Nc1ccc(Cl)cc1)c1csnn1. The zero-order valence-electron chi connectivity index (χ0n) is 7.48. The predicted molar refractivity (Wildman–Crippen MR) is 59.3 cm³/mol. The van der Waals surface area contributed by atoms with Crippen LogP contribution in [0.4, 0.5) is 5.69 Å². The summed E-state index contributed by atoms with van der Waals surface area (Å²) < 4.78 is 3.61. The molecule has 15 heavy (non-hydrogen) atoms. The summed E-state index contributed by atoms with van der Waals surface area (Å²) in [4.78, 5) is 11.5. The molecule has 4 nitrogen and oxygen atoms in total. The Labute approximate surface area is 95.1 Å². The van der Waals surface area contributed by atoms with E-state index >= 15 is 0 Å². The lowest BCUT2D eigenvalue weighted by atomic mass is 10.3. The zero-order chi connectivity index (χ0) is 10.7. The maximum atomic E-state index is 11.5. The Kier molecular flexibility index (Phi) is 2.94. The summed E-state index contributed by atoms with van der Waals surface area (Å²) in [5.41, 5.74) is 0.993. The van der Waals surface area contributed by atoms with Gasteiger partial charge in [-0.3, -0.25) is 4.79 Å².